The van der Waals surface area contributed by atoms with Crippen molar-refractivity contribution in [3.63, 3.8) is 0 Å². The normalized spacial score (nSPS) is 16.8. The van der Waals surface area contributed by atoms with Gasteiger partial charge in [-0.3, -0.25) is 0 Å². The Morgan fingerprint density at radius 1 is 0.474 bits per heavy atom. The van der Waals surface area contributed by atoms with Gasteiger partial charge in [0.1, 0.15) is 11.5 Å². The highest BCUT2D eigenvalue weighted by Crippen LogP contribution is 2.62. The van der Waals surface area contributed by atoms with Crippen molar-refractivity contribution < 1.29 is 4.74 Å². The third-order valence-corrected chi connectivity index (χ3v) is 12.1. The SMILES string of the molecule is CC1(c2cc(-c3ccccc3)nc(-c3cccc(-c4ccc5c(c4)Oc4ccccc4C54c5ccccc5-c5ccccc54)c3)n2)C=CC=C(c2ccccc2)C1. The van der Waals surface area contributed by atoms with Crippen molar-refractivity contribution in [1.29, 1.82) is 0 Å². The van der Waals surface area contributed by atoms with E-state index in [1.807, 2.05) is 6.07 Å². The fourth-order valence-corrected chi connectivity index (χ4v) is 9.42. The van der Waals surface area contributed by atoms with Crippen LogP contribution in [0, 0.1) is 0 Å². The first-order valence-electron chi connectivity index (χ1n) is 19.7. The fourth-order valence-electron chi connectivity index (χ4n) is 9.42. The van der Waals surface area contributed by atoms with E-state index >= 15 is 0 Å². The molecule has 270 valence electrons. The molecular formula is C54H38N2O. The van der Waals surface area contributed by atoms with E-state index in [0.29, 0.717) is 5.82 Å². The van der Waals surface area contributed by atoms with E-state index in [9.17, 15) is 0 Å². The van der Waals surface area contributed by atoms with Gasteiger partial charge in [0.2, 0.25) is 0 Å². The van der Waals surface area contributed by atoms with Gasteiger partial charge in [0, 0.05) is 27.7 Å². The largest absolute Gasteiger partial charge is 0.457 e. The molecule has 0 bridgehead atoms. The first kappa shape index (κ1) is 33.3. The molecule has 57 heavy (non-hydrogen) atoms. The number of hydrogen-bond acceptors (Lipinski definition) is 3. The fraction of sp³-hybridized carbons (Fsp3) is 0.0741. The molecule has 3 nitrogen and oxygen atoms in total. The molecule has 1 aromatic heterocycles. The second kappa shape index (κ2) is 13.0. The number of aromatic nitrogens is 2. The first-order valence-corrected chi connectivity index (χ1v) is 19.7. The summed E-state index contributed by atoms with van der Waals surface area (Å²) in [6.45, 7) is 2.29. The number of hydrogen-bond donors (Lipinski definition) is 0. The number of ether oxygens (including phenoxy) is 1. The molecule has 1 atom stereocenters. The highest BCUT2D eigenvalue weighted by atomic mass is 16.5. The summed E-state index contributed by atoms with van der Waals surface area (Å²) in [6, 6.07) is 64.9. The van der Waals surface area contributed by atoms with Crippen molar-refractivity contribution in [2.45, 2.75) is 24.2 Å². The molecule has 2 heterocycles. The van der Waals surface area contributed by atoms with Crippen LogP contribution in [0.4, 0.5) is 0 Å². The maximum Gasteiger partial charge on any atom is 0.160 e. The number of fused-ring (bicyclic) bond motifs is 9. The highest BCUT2D eigenvalue weighted by Gasteiger charge is 2.50. The van der Waals surface area contributed by atoms with Crippen LogP contribution in [-0.4, -0.2) is 9.97 Å². The van der Waals surface area contributed by atoms with Gasteiger partial charge in [-0.05, 0) is 75.2 Å². The minimum atomic E-state index is -0.487. The van der Waals surface area contributed by atoms with Crippen LogP contribution >= 0.6 is 0 Å². The van der Waals surface area contributed by atoms with E-state index in [-0.39, 0.29) is 5.41 Å². The van der Waals surface area contributed by atoms with Crippen molar-refractivity contribution in [2.75, 3.05) is 0 Å². The second-order valence-electron chi connectivity index (χ2n) is 15.6. The molecule has 1 spiro atoms. The van der Waals surface area contributed by atoms with Gasteiger partial charge in [-0.25, -0.2) is 9.97 Å². The lowest BCUT2D eigenvalue weighted by molar-refractivity contribution is 0.436. The Labute approximate surface area is 333 Å². The summed E-state index contributed by atoms with van der Waals surface area (Å²) in [6.07, 6.45) is 7.54. The Morgan fingerprint density at radius 3 is 1.82 bits per heavy atom. The Morgan fingerprint density at radius 2 is 1.07 bits per heavy atom. The van der Waals surface area contributed by atoms with Crippen molar-refractivity contribution >= 4 is 5.57 Å². The van der Waals surface area contributed by atoms with Gasteiger partial charge in [0.15, 0.2) is 5.82 Å². The molecule has 2 aliphatic carbocycles. The summed E-state index contributed by atoms with van der Waals surface area (Å²) in [5.74, 6) is 2.46. The van der Waals surface area contributed by atoms with E-state index < -0.39 is 5.41 Å². The van der Waals surface area contributed by atoms with Gasteiger partial charge in [-0.1, -0.05) is 183 Å². The standard InChI is InChI=1S/C54H38N2O/c1-53(31-15-22-41(35-53)36-16-4-2-5-17-36)51-34-48(37-18-6-3-7-19-37)55-52(56-51)40-21-14-20-38(32-40)39-29-30-47-50(33-39)57-49-28-13-12-27-46(49)54(47)44-25-10-8-23-42(44)43-24-9-11-26-45(43)54/h2-34H,35H2,1H3. The van der Waals surface area contributed by atoms with Gasteiger partial charge < -0.3 is 4.74 Å². The molecule has 1 unspecified atom stereocenters. The zero-order valence-electron chi connectivity index (χ0n) is 31.6. The lowest BCUT2D eigenvalue weighted by Crippen LogP contribution is -2.32. The van der Waals surface area contributed by atoms with Gasteiger partial charge in [-0.2, -0.15) is 0 Å². The number of allylic oxidation sites excluding steroid dienone is 4. The predicted octanol–water partition coefficient (Wildman–Crippen LogP) is 13.2. The minimum Gasteiger partial charge on any atom is -0.457 e. The lowest BCUT2D eigenvalue weighted by atomic mass is 9.66. The lowest BCUT2D eigenvalue weighted by Gasteiger charge is -2.39. The molecule has 0 radical (unpaired) electrons. The number of benzene rings is 7. The van der Waals surface area contributed by atoms with Crippen molar-refractivity contribution in [3.05, 3.63) is 234 Å². The molecule has 1 aliphatic heterocycles. The number of rotatable bonds is 5. The van der Waals surface area contributed by atoms with Crippen LogP contribution in [0.1, 0.15) is 46.9 Å². The summed E-state index contributed by atoms with van der Waals surface area (Å²) >= 11 is 0. The van der Waals surface area contributed by atoms with Crippen LogP contribution in [0.15, 0.2) is 200 Å². The molecule has 0 fully saturated rings. The minimum absolute atomic E-state index is 0.321. The highest BCUT2D eigenvalue weighted by molar-refractivity contribution is 5.89. The van der Waals surface area contributed by atoms with Gasteiger partial charge in [-0.15, -0.1) is 0 Å². The molecule has 0 amide bonds. The molecule has 11 rings (SSSR count). The van der Waals surface area contributed by atoms with Crippen LogP contribution in [0.2, 0.25) is 0 Å². The molecule has 0 saturated carbocycles. The molecule has 0 saturated heterocycles. The van der Waals surface area contributed by atoms with Gasteiger partial charge in [0.05, 0.1) is 16.8 Å². The Balaban J connectivity index is 1.03. The Kier molecular flexibility index (Phi) is 7.58. The van der Waals surface area contributed by atoms with Crippen molar-refractivity contribution in [2.24, 2.45) is 0 Å². The molecule has 3 aliphatic rings. The Bertz CT molecular complexity index is 2880. The van der Waals surface area contributed by atoms with E-state index in [1.165, 1.54) is 39.0 Å². The van der Waals surface area contributed by atoms with E-state index in [4.69, 9.17) is 14.7 Å². The van der Waals surface area contributed by atoms with Crippen LogP contribution in [0.5, 0.6) is 11.5 Å². The zero-order valence-corrected chi connectivity index (χ0v) is 31.6. The number of nitrogens with zero attached hydrogens (tertiary/aromatic N) is 2. The summed E-state index contributed by atoms with van der Waals surface area (Å²) in [7, 11) is 0. The summed E-state index contributed by atoms with van der Waals surface area (Å²) in [5.41, 5.74) is 15.3. The topological polar surface area (TPSA) is 35.0 Å². The van der Waals surface area contributed by atoms with Crippen LogP contribution in [-0.2, 0) is 10.8 Å². The average Bonchev–Trinajstić information content (AvgIpc) is 3.57. The summed E-state index contributed by atoms with van der Waals surface area (Å²) in [4.78, 5) is 10.6. The molecule has 8 aromatic rings. The number of para-hydroxylation sites is 1. The van der Waals surface area contributed by atoms with Crippen LogP contribution in [0.3, 0.4) is 0 Å². The van der Waals surface area contributed by atoms with Gasteiger partial charge in [0.25, 0.3) is 0 Å². The second-order valence-corrected chi connectivity index (χ2v) is 15.6. The smallest absolute Gasteiger partial charge is 0.160 e. The third kappa shape index (κ3) is 5.27. The molecule has 3 heteroatoms. The average molecular weight is 731 g/mol. The quantitative estimate of drug-likeness (QED) is 0.177. The Hall–Kier alpha value is -7.10. The maximum absolute atomic E-state index is 6.83. The third-order valence-electron chi connectivity index (χ3n) is 12.1. The summed E-state index contributed by atoms with van der Waals surface area (Å²) < 4.78 is 6.83. The summed E-state index contributed by atoms with van der Waals surface area (Å²) in [5, 5.41) is 0. The van der Waals surface area contributed by atoms with Crippen molar-refractivity contribution in [1.82, 2.24) is 9.97 Å². The first-order chi connectivity index (χ1) is 28.1. The predicted molar refractivity (Wildman–Crippen MR) is 231 cm³/mol. The van der Waals surface area contributed by atoms with Crippen LogP contribution in [0.25, 0.3) is 50.5 Å². The van der Waals surface area contributed by atoms with E-state index in [2.05, 4.69) is 201 Å². The van der Waals surface area contributed by atoms with E-state index in [0.717, 1.165) is 57.1 Å². The van der Waals surface area contributed by atoms with E-state index in [1.54, 1.807) is 0 Å². The van der Waals surface area contributed by atoms with Crippen molar-refractivity contribution in [3.8, 4) is 56.4 Å². The zero-order chi connectivity index (χ0) is 38.0. The molecule has 7 aromatic carbocycles. The van der Waals surface area contributed by atoms with Gasteiger partial charge >= 0.3 is 0 Å². The monoisotopic (exact) mass is 730 g/mol. The molecule has 0 N–H and O–H groups in total. The maximum atomic E-state index is 6.83. The van der Waals surface area contributed by atoms with Crippen LogP contribution < -0.4 is 4.74 Å². The molecular weight excluding hydrogens is 693 g/mol.